The highest BCUT2D eigenvalue weighted by Gasteiger charge is 2.32. The van der Waals surface area contributed by atoms with Gasteiger partial charge in [0.2, 0.25) is 0 Å². The SMILES string of the molecule is CC(C)(C)c1ccc(NCC2(CO)CCCC2)nc1. The third kappa shape index (κ3) is 3.47. The van der Waals surface area contributed by atoms with E-state index in [1.807, 2.05) is 12.3 Å². The van der Waals surface area contributed by atoms with E-state index in [9.17, 15) is 5.11 Å². The van der Waals surface area contributed by atoms with Gasteiger partial charge in [-0.3, -0.25) is 0 Å². The van der Waals surface area contributed by atoms with Crippen LogP contribution in [0, 0.1) is 5.41 Å². The molecule has 1 aromatic heterocycles. The molecule has 1 aromatic rings. The molecule has 0 atom stereocenters. The second kappa shape index (κ2) is 5.49. The Morgan fingerprint density at radius 3 is 2.42 bits per heavy atom. The van der Waals surface area contributed by atoms with Crippen LogP contribution in [0.5, 0.6) is 0 Å². The van der Waals surface area contributed by atoms with Crippen molar-refractivity contribution in [3.05, 3.63) is 23.9 Å². The molecule has 0 radical (unpaired) electrons. The Kier molecular flexibility index (Phi) is 4.14. The first-order valence-corrected chi connectivity index (χ1v) is 7.27. The molecule has 1 aliphatic carbocycles. The summed E-state index contributed by atoms with van der Waals surface area (Å²) < 4.78 is 0. The van der Waals surface area contributed by atoms with E-state index in [0.29, 0.717) is 0 Å². The minimum Gasteiger partial charge on any atom is -0.396 e. The van der Waals surface area contributed by atoms with Crippen molar-refractivity contribution >= 4 is 5.82 Å². The van der Waals surface area contributed by atoms with Gasteiger partial charge < -0.3 is 10.4 Å². The second-order valence-electron chi connectivity index (χ2n) is 6.90. The maximum Gasteiger partial charge on any atom is 0.125 e. The minimum absolute atomic E-state index is 0.0738. The average molecular weight is 262 g/mol. The number of nitrogens with one attached hydrogen (secondary N) is 1. The van der Waals surface area contributed by atoms with Gasteiger partial charge in [0.25, 0.3) is 0 Å². The van der Waals surface area contributed by atoms with Gasteiger partial charge in [0, 0.05) is 18.2 Å². The lowest BCUT2D eigenvalue weighted by Gasteiger charge is -2.27. The molecule has 1 aliphatic rings. The third-order valence-electron chi connectivity index (χ3n) is 4.27. The van der Waals surface area contributed by atoms with Crippen LogP contribution in [0.25, 0.3) is 0 Å². The molecule has 0 spiro atoms. The lowest BCUT2D eigenvalue weighted by molar-refractivity contribution is 0.142. The lowest BCUT2D eigenvalue weighted by atomic mass is 9.87. The van der Waals surface area contributed by atoms with Crippen LogP contribution >= 0.6 is 0 Å². The summed E-state index contributed by atoms with van der Waals surface area (Å²) in [6.07, 6.45) is 6.66. The Balaban J connectivity index is 1.96. The average Bonchev–Trinajstić information content (AvgIpc) is 2.85. The summed E-state index contributed by atoms with van der Waals surface area (Å²) in [4.78, 5) is 4.48. The molecule has 0 bridgehead atoms. The molecule has 2 rings (SSSR count). The topological polar surface area (TPSA) is 45.1 Å². The van der Waals surface area contributed by atoms with E-state index >= 15 is 0 Å². The molecule has 0 unspecified atom stereocenters. The highest BCUT2D eigenvalue weighted by molar-refractivity contribution is 5.37. The van der Waals surface area contributed by atoms with E-state index < -0.39 is 0 Å². The number of aromatic nitrogens is 1. The molecule has 19 heavy (non-hydrogen) atoms. The summed E-state index contributed by atoms with van der Waals surface area (Å²) in [5, 5.41) is 13.0. The van der Waals surface area contributed by atoms with Crippen molar-refractivity contribution < 1.29 is 5.11 Å². The molecule has 106 valence electrons. The summed E-state index contributed by atoms with van der Waals surface area (Å²) in [6, 6.07) is 4.18. The molecule has 2 N–H and O–H groups in total. The van der Waals surface area contributed by atoms with Crippen molar-refractivity contribution in [3.63, 3.8) is 0 Å². The largest absolute Gasteiger partial charge is 0.396 e. The fraction of sp³-hybridized carbons (Fsp3) is 0.688. The number of anilines is 1. The summed E-state index contributed by atoms with van der Waals surface area (Å²) >= 11 is 0. The van der Waals surface area contributed by atoms with E-state index in [1.165, 1.54) is 18.4 Å². The summed E-state index contributed by atoms with van der Waals surface area (Å²) in [5.41, 5.74) is 1.46. The molecule has 0 aromatic carbocycles. The molecule has 0 aliphatic heterocycles. The molecular formula is C16H26N2O. The van der Waals surface area contributed by atoms with Crippen LogP contribution in [0.4, 0.5) is 5.82 Å². The zero-order chi connectivity index (χ0) is 13.9. The van der Waals surface area contributed by atoms with Crippen molar-refractivity contribution in [1.82, 2.24) is 4.98 Å². The smallest absolute Gasteiger partial charge is 0.125 e. The quantitative estimate of drug-likeness (QED) is 0.874. The fourth-order valence-corrected chi connectivity index (χ4v) is 2.74. The van der Waals surface area contributed by atoms with E-state index in [0.717, 1.165) is 25.2 Å². The van der Waals surface area contributed by atoms with Crippen LogP contribution in [0.15, 0.2) is 18.3 Å². The lowest BCUT2D eigenvalue weighted by Crippen LogP contribution is -2.30. The summed E-state index contributed by atoms with van der Waals surface area (Å²) in [5.74, 6) is 0.910. The van der Waals surface area contributed by atoms with Gasteiger partial charge in [0.05, 0.1) is 6.61 Å². The van der Waals surface area contributed by atoms with Crippen molar-refractivity contribution in [3.8, 4) is 0 Å². The standard InChI is InChI=1S/C16H26N2O/c1-15(2,3)13-6-7-14(17-10-13)18-11-16(12-19)8-4-5-9-16/h6-7,10,19H,4-5,8-9,11-12H2,1-3H3,(H,17,18). The van der Waals surface area contributed by atoms with E-state index in [-0.39, 0.29) is 17.4 Å². The first kappa shape index (κ1) is 14.3. The Hall–Kier alpha value is -1.09. The molecule has 1 heterocycles. The molecule has 1 fully saturated rings. The van der Waals surface area contributed by atoms with E-state index in [4.69, 9.17) is 0 Å². The Labute approximate surface area is 116 Å². The van der Waals surface area contributed by atoms with E-state index in [2.05, 4.69) is 37.1 Å². The van der Waals surface area contributed by atoms with Gasteiger partial charge in [0.15, 0.2) is 0 Å². The number of nitrogens with zero attached hydrogens (tertiary/aromatic N) is 1. The monoisotopic (exact) mass is 262 g/mol. The Morgan fingerprint density at radius 2 is 1.95 bits per heavy atom. The van der Waals surface area contributed by atoms with Crippen LogP contribution in [0.1, 0.15) is 52.0 Å². The number of aliphatic hydroxyl groups excluding tert-OH is 1. The van der Waals surface area contributed by atoms with Crippen LogP contribution in [0.2, 0.25) is 0 Å². The van der Waals surface area contributed by atoms with Crippen molar-refractivity contribution in [1.29, 1.82) is 0 Å². The molecule has 1 saturated carbocycles. The molecule has 0 saturated heterocycles. The predicted octanol–water partition coefficient (Wildman–Crippen LogP) is 3.34. The summed E-state index contributed by atoms with van der Waals surface area (Å²) in [7, 11) is 0. The number of hydrogen-bond donors (Lipinski definition) is 2. The highest BCUT2D eigenvalue weighted by Crippen LogP contribution is 2.37. The Bertz CT molecular complexity index is 400. The van der Waals surface area contributed by atoms with Gasteiger partial charge in [-0.2, -0.15) is 0 Å². The number of pyridine rings is 1. The van der Waals surface area contributed by atoms with Gasteiger partial charge in [-0.05, 0) is 29.9 Å². The van der Waals surface area contributed by atoms with Crippen LogP contribution in [-0.2, 0) is 5.41 Å². The maximum absolute atomic E-state index is 9.58. The van der Waals surface area contributed by atoms with Gasteiger partial charge in [-0.15, -0.1) is 0 Å². The zero-order valence-electron chi connectivity index (χ0n) is 12.4. The molecule has 3 heteroatoms. The second-order valence-corrected chi connectivity index (χ2v) is 6.90. The fourth-order valence-electron chi connectivity index (χ4n) is 2.74. The van der Waals surface area contributed by atoms with Crippen molar-refractivity contribution in [2.75, 3.05) is 18.5 Å². The van der Waals surface area contributed by atoms with Crippen molar-refractivity contribution in [2.24, 2.45) is 5.41 Å². The predicted molar refractivity (Wildman–Crippen MR) is 79.4 cm³/mol. The molecular weight excluding hydrogens is 236 g/mol. The van der Waals surface area contributed by atoms with Gasteiger partial charge in [0.1, 0.15) is 5.82 Å². The van der Waals surface area contributed by atoms with Crippen LogP contribution in [-0.4, -0.2) is 23.2 Å². The van der Waals surface area contributed by atoms with Gasteiger partial charge in [-0.25, -0.2) is 4.98 Å². The van der Waals surface area contributed by atoms with Gasteiger partial charge in [-0.1, -0.05) is 39.7 Å². The normalized spacial score (nSPS) is 18.5. The van der Waals surface area contributed by atoms with E-state index in [1.54, 1.807) is 0 Å². The Morgan fingerprint density at radius 1 is 1.26 bits per heavy atom. The number of aliphatic hydroxyl groups is 1. The molecule has 3 nitrogen and oxygen atoms in total. The number of hydrogen-bond acceptors (Lipinski definition) is 3. The van der Waals surface area contributed by atoms with Crippen LogP contribution in [0.3, 0.4) is 0 Å². The minimum atomic E-state index is 0.0738. The first-order valence-electron chi connectivity index (χ1n) is 7.27. The summed E-state index contributed by atoms with van der Waals surface area (Å²) in [6.45, 7) is 7.68. The maximum atomic E-state index is 9.58. The highest BCUT2D eigenvalue weighted by atomic mass is 16.3. The zero-order valence-corrected chi connectivity index (χ0v) is 12.4. The number of rotatable bonds is 4. The molecule has 0 amide bonds. The van der Waals surface area contributed by atoms with Gasteiger partial charge >= 0.3 is 0 Å². The third-order valence-corrected chi connectivity index (χ3v) is 4.27. The van der Waals surface area contributed by atoms with Crippen LogP contribution < -0.4 is 5.32 Å². The first-order chi connectivity index (χ1) is 8.95. The van der Waals surface area contributed by atoms with Crippen molar-refractivity contribution in [2.45, 2.75) is 51.9 Å².